The van der Waals surface area contributed by atoms with Crippen LogP contribution in [0.3, 0.4) is 0 Å². The Labute approximate surface area is 301 Å². The number of aliphatic hydroxyl groups excluding tert-OH is 1. The monoisotopic (exact) mass is 712 g/mol. The van der Waals surface area contributed by atoms with Gasteiger partial charge >= 0.3 is 5.97 Å². The van der Waals surface area contributed by atoms with Gasteiger partial charge in [-0.3, -0.25) is 48.9 Å². The molecular formula is C38H44N6O8. The molecule has 0 spiro atoms. The van der Waals surface area contributed by atoms with E-state index in [9.17, 15) is 33.9 Å². The SMILES string of the molecule is O=C1CCC(N2Cc3c(NC(=O)CCC(=O)OCCN4CCN(CCN=CC5=C(O)CC(c6ccccc6)CC5=O)CC4)cccc3C2=O)C(=O)N1. The first-order valence-electron chi connectivity index (χ1n) is 17.8. The van der Waals surface area contributed by atoms with Crippen LogP contribution < -0.4 is 10.6 Å². The Bertz CT molecular complexity index is 1770. The minimum absolute atomic E-state index is 0.0161. The smallest absolute Gasteiger partial charge is 0.306 e. The van der Waals surface area contributed by atoms with Crippen LogP contribution in [0.5, 0.6) is 0 Å². The number of fused-ring (bicyclic) bond motifs is 1. The zero-order valence-electron chi connectivity index (χ0n) is 29.1. The number of nitrogens with zero attached hydrogens (tertiary/aromatic N) is 4. The van der Waals surface area contributed by atoms with Crippen LogP contribution in [-0.4, -0.2) is 120 Å². The van der Waals surface area contributed by atoms with E-state index in [1.54, 1.807) is 18.2 Å². The number of ether oxygens (including phenoxy) is 1. The number of hydrogen-bond donors (Lipinski definition) is 3. The second-order valence-electron chi connectivity index (χ2n) is 13.5. The molecule has 0 saturated carbocycles. The number of benzene rings is 2. The fourth-order valence-corrected chi connectivity index (χ4v) is 7.10. The van der Waals surface area contributed by atoms with Crippen LogP contribution in [-0.2, 0) is 35.3 Å². The molecule has 6 rings (SSSR count). The first kappa shape index (κ1) is 36.6. The number of anilines is 1. The van der Waals surface area contributed by atoms with E-state index >= 15 is 0 Å². The molecule has 0 bridgehead atoms. The van der Waals surface area contributed by atoms with Crippen LogP contribution >= 0.6 is 0 Å². The zero-order valence-corrected chi connectivity index (χ0v) is 29.1. The molecule has 14 heteroatoms. The molecule has 2 aromatic rings. The Hall–Kier alpha value is -5.21. The molecule has 3 heterocycles. The van der Waals surface area contributed by atoms with Gasteiger partial charge in [-0.1, -0.05) is 36.4 Å². The summed E-state index contributed by atoms with van der Waals surface area (Å²) in [7, 11) is 0. The molecule has 2 fully saturated rings. The van der Waals surface area contributed by atoms with Crippen LogP contribution in [0.1, 0.15) is 65.9 Å². The maximum absolute atomic E-state index is 13.0. The van der Waals surface area contributed by atoms with Gasteiger partial charge in [0.05, 0.1) is 18.5 Å². The Morgan fingerprint density at radius 3 is 2.42 bits per heavy atom. The van der Waals surface area contributed by atoms with Crippen molar-refractivity contribution in [3.05, 3.63) is 76.6 Å². The van der Waals surface area contributed by atoms with Gasteiger partial charge in [0.1, 0.15) is 18.4 Å². The van der Waals surface area contributed by atoms with Gasteiger partial charge in [-0.05, 0) is 30.0 Å². The third-order valence-corrected chi connectivity index (χ3v) is 10.1. The summed E-state index contributed by atoms with van der Waals surface area (Å²) in [5.41, 5.74) is 2.78. The van der Waals surface area contributed by atoms with Gasteiger partial charge in [0, 0.05) is 94.5 Å². The van der Waals surface area contributed by atoms with Crippen LogP contribution in [0.15, 0.2) is 64.9 Å². The highest BCUT2D eigenvalue weighted by Gasteiger charge is 2.40. The maximum atomic E-state index is 13.0. The van der Waals surface area contributed by atoms with Crippen molar-refractivity contribution in [2.45, 2.75) is 57.0 Å². The van der Waals surface area contributed by atoms with E-state index in [0.717, 1.165) is 38.3 Å². The predicted molar refractivity (Wildman–Crippen MR) is 191 cm³/mol. The van der Waals surface area contributed by atoms with Gasteiger partial charge in [-0.15, -0.1) is 0 Å². The predicted octanol–water partition coefficient (Wildman–Crippen LogP) is 2.36. The largest absolute Gasteiger partial charge is 0.511 e. The van der Waals surface area contributed by atoms with E-state index in [1.807, 2.05) is 30.3 Å². The first-order chi connectivity index (χ1) is 25.2. The van der Waals surface area contributed by atoms with Crippen molar-refractivity contribution in [1.82, 2.24) is 20.0 Å². The standard InChI is InChI=1S/C38H44N6O8/c45-32-21-26(25-5-2-1-3-6-25)22-33(46)28(32)23-39-13-14-42-15-17-43(18-16-42)19-20-52-36(49)12-11-34(47)40-30-8-4-7-27-29(30)24-44(38(27)51)31-9-10-35(48)41-37(31)50/h1-8,23,26,31,45H,9-22,24H2,(H,40,47)(H,41,48,50). The molecule has 3 aliphatic heterocycles. The maximum Gasteiger partial charge on any atom is 0.306 e. The van der Waals surface area contributed by atoms with Gasteiger partial charge in [-0.25, -0.2) is 0 Å². The number of ketones is 1. The second kappa shape index (κ2) is 16.9. The number of piperidine rings is 1. The Morgan fingerprint density at radius 1 is 0.942 bits per heavy atom. The number of amides is 4. The van der Waals surface area contributed by atoms with E-state index in [-0.39, 0.29) is 68.1 Å². The molecule has 4 amide bonds. The lowest BCUT2D eigenvalue weighted by molar-refractivity contribution is -0.145. The number of rotatable bonds is 13. The third-order valence-electron chi connectivity index (χ3n) is 10.1. The van der Waals surface area contributed by atoms with Crippen LogP contribution in [0.2, 0.25) is 0 Å². The molecule has 2 aromatic carbocycles. The molecule has 4 aliphatic rings. The van der Waals surface area contributed by atoms with E-state index in [1.165, 1.54) is 11.1 Å². The van der Waals surface area contributed by atoms with E-state index in [2.05, 4.69) is 25.4 Å². The number of aliphatic hydroxyl groups is 1. The van der Waals surface area contributed by atoms with Crippen molar-refractivity contribution in [2.75, 3.05) is 57.7 Å². The van der Waals surface area contributed by atoms with E-state index in [4.69, 9.17) is 4.74 Å². The third kappa shape index (κ3) is 8.98. The quantitative estimate of drug-likeness (QED) is 0.159. The van der Waals surface area contributed by atoms with Gasteiger partial charge in [0.2, 0.25) is 17.7 Å². The van der Waals surface area contributed by atoms with Crippen LogP contribution in [0.25, 0.3) is 0 Å². The van der Waals surface area contributed by atoms with Gasteiger partial charge in [0.25, 0.3) is 5.91 Å². The van der Waals surface area contributed by atoms with Crippen molar-refractivity contribution >= 4 is 47.3 Å². The number of aliphatic imine (C=N–C) groups is 1. The topological polar surface area (TPSA) is 178 Å². The summed E-state index contributed by atoms with van der Waals surface area (Å²) >= 11 is 0. The second-order valence-corrected chi connectivity index (χ2v) is 13.5. The van der Waals surface area contributed by atoms with Crippen molar-refractivity contribution < 1.29 is 38.6 Å². The number of hydrogen-bond acceptors (Lipinski definition) is 11. The van der Waals surface area contributed by atoms with Crippen LogP contribution in [0.4, 0.5) is 5.69 Å². The lowest BCUT2D eigenvalue weighted by Gasteiger charge is -2.34. The minimum atomic E-state index is -0.755. The molecule has 274 valence electrons. The number of imide groups is 1. The Kier molecular flexibility index (Phi) is 11.9. The van der Waals surface area contributed by atoms with Gasteiger partial charge < -0.3 is 20.1 Å². The highest BCUT2D eigenvalue weighted by molar-refractivity contribution is 6.14. The minimum Gasteiger partial charge on any atom is -0.511 e. The Morgan fingerprint density at radius 2 is 1.69 bits per heavy atom. The molecule has 52 heavy (non-hydrogen) atoms. The van der Waals surface area contributed by atoms with Crippen molar-refractivity contribution in [3.8, 4) is 0 Å². The summed E-state index contributed by atoms with van der Waals surface area (Å²) < 4.78 is 5.39. The molecule has 14 nitrogen and oxygen atoms in total. The number of carbonyl (C=O) groups excluding carboxylic acids is 6. The van der Waals surface area contributed by atoms with E-state index < -0.39 is 23.8 Å². The van der Waals surface area contributed by atoms with Crippen molar-refractivity contribution in [1.29, 1.82) is 0 Å². The van der Waals surface area contributed by atoms with Crippen molar-refractivity contribution in [2.24, 2.45) is 4.99 Å². The first-order valence-corrected chi connectivity index (χ1v) is 17.8. The number of piperazine rings is 1. The fourth-order valence-electron chi connectivity index (χ4n) is 7.10. The normalized spacial score (nSPS) is 21.4. The van der Waals surface area contributed by atoms with Crippen LogP contribution in [0, 0.1) is 0 Å². The Balaban J connectivity index is 0.850. The van der Waals surface area contributed by atoms with E-state index in [0.29, 0.717) is 48.3 Å². The van der Waals surface area contributed by atoms with Gasteiger partial charge in [0.15, 0.2) is 5.78 Å². The molecular weight excluding hydrogens is 668 g/mol. The fraction of sp³-hybridized carbons (Fsp3) is 0.447. The highest BCUT2D eigenvalue weighted by Crippen LogP contribution is 2.34. The summed E-state index contributed by atoms with van der Waals surface area (Å²) in [6, 6.07) is 14.0. The number of carbonyl (C=O) groups is 6. The summed E-state index contributed by atoms with van der Waals surface area (Å²) in [6.07, 6.45) is 2.52. The number of nitrogens with one attached hydrogen (secondary N) is 2. The molecule has 0 radical (unpaired) electrons. The average Bonchev–Trinajstić information content (AvgIpc) is 3.47. The molecule has 2 saturated heterocycles. The number of Topliss-reactive ketones (excluding diaryl/α,β-unsaturated/α-hetero) is 1. The highest BCUT2D eigenvalue weighted by atomic mass is 16.5. The molecule has 2 atom stereocenters. The lowest BCUT2D eigenvalue weighted by atomic mass is 9.83. The number of esters is 1. The van der Waals surface area contributed by atoms with Crippen molar-refractivity contribution in [3.63, 3.8) is 0 Å². The summed E-state index contributed by atoms with van der Waals surface area (Å²) in [5, 5.41) is 15.6. The number of allylic oxidation sites excluding steroid dienone is 2. The zero-order chi connectivity index (χ0) is 36.6. The average molecular weight is 713 g/mol. The molecule has 1 aliphatic carbocycles. The summed E-state index contributed by atoms with van der Waals surface area (Å²) in [4.78, 5) is 85.1. The molecule has 2 unspecified atom stereocenters. The van der Waals surface area contributed by atoms with Gasteiger partial charge in [-0.2, -0.15) is 0 Å². The molecule has 0 aromatic heterocycles. The summed E-state index contributed by atoms with van der Waals surface area (Å²) in [6.45, 7) is 5.44. The summed E-state index contributed by atoms with van der Waals surface area (Å²) in [5.74, 6) is -2.08. The lowest BCUT2D eigenvalue weighted by Crippen LogP contribution is -2.52. The molecule has 3 N–H and O–H groups in total.